The highest BCUT2D eigenvalue weighted by Crippen LogP contribution is 2.31. The Labute approximate surface area is 233 Å². The molecule has 0 amide bonds. The molecular weight excluding hydrogens is 500 g/mol. The molecule has 10 heteroatoms. The van der Waals surface area contributed by atoms with Crippen molar-refractivity contribution in [3.63, 3.8) is 0 Å². The molecule has 0 saturated heterocycles. The molecule has 6 rings (SSSR count). The molecule has 1 aliphatic rings. The average molecular weight is 531 g/mol. The molecule has 10 bridgehead atoms. The van der Waals surface area contributed by atoms with Crippen LogP contribution in [-0.4, -0.2) is 60.2 Å². The number of aromatic nitrogens is 5. The van der Waals surface area contributed by atoms with Gasteiger partial charge in [0.25, 0.3) is 0 Å². The molecule has 0 N–H and O–H groups in total. The summed E-state index contributed by atoms with van der Waals surface area (Å²) in [5, 5.41) is 0. The molecule has 5 aromatic rings. The van der Waals surface area contributed by atoms with Crippen LogP contribution in [0.3, 0.4) is 0 Å². The number of hydrogen-bond donors (Lipinski definition) is 0. The van der Waals surface area contributed by atoms with Crippen LogP contribution in [0.2, 0.25) is 0 Å². The molecule has 0 fully saturated rings. The second kappa shape index (κ2) is 10.1. The fraction of sp³-hybridized carbons (Fsp3) is 0.167. The van der Waals surface area contributed by atoms with E-state index in [-0.39, 0.29) is 0 Å². The van der Waals surface area contributed by atoms with Crippen molar-refractivity contribution in [2.75, 3.05) is 59.7 Å². The number of nitrogens with zero attached hydrogens (tertiary/aromatic N) is 10. The molecule has 10 nitrogen and oxygen atoms in total. The Kier molecular flexibility index (Phi) is 6.35. The van der Waals surface area contributed by atoms with Gasteiger partial charge in [0.1, 0.15) is 58.2 Å². The lowest BCUT2D eigenvalue weighted by Gasteiger charge is -2.26. The Morgan fingerprint density at radius 3 is 0.525 bits per heavy atom. The van der Waals surface area contributed by atoms with Crippen molar-refractivity contribution < 1.29 is 0 Å². The van der Waals surface area contributed by atoms with E-state index < -0.39 is 0 Å². The van der Waals surface area contributed by atoms with E-state index in [1.165, 1.54) is 0 Å². The maximum Gasteiger partial charge on any atom is 0.136 e. The third-order valence-corrected chi connectivity index (χ3v) is 7.03. The smallest absolute Gasteiger partial charge is 0.136 e. The predicted molar refractivity (Wildman–Crippen MR) is 161 cm³/mol. The first-order chi connectivity index (χ1) is 19.4. The first kappa shape index (κ1) is 25.1. The van der Waals surface area contributed by atoms with Crippen LogP contribution in [-0.2, 0) is 0 Å². The molecule has 0 aliphatic carbocycles. The van der Waals surface area contributed by atoms with E-state index in [9.17, 15) is 0 Å². The molecule has 0 radical (unpaired) electrons. The van der Waals surface area contributed by atoms with Gasteiger partial charge in [0.2, 0.25) is 0 Å². The molecule has 200 valence electrons. The lowest BCUT2D eigenvalue weighted by Crippen LogP contribution is -2.20. The van der Waals surface area contributed by atoms with Crippen molar-refractivity contribution in [1.29, 1.82) is 0 Å². The van der Waals surface area contributed by atoms with Gasteiger partial charge in [0, 0.05) is 35.2 Å². The highest BCUT2D eigenvalue weighted by atomic mass is 15.3. The average Bonchev–Trinajstić information content (AvgIpc) is 3.03. The zero-order valence-corrected chi connectivity index (χ0v) is 23.1. The van der Waals surface area contributed by atoms with Crippen LogP contribution in [0.4, 0.5) is 58.2 Å². The molecule has 0 aromatic carbocycles. The lowest BCUT2D eigenvalue weighted by atomic mass is 10.3. The molecule has 6 heterocycles. The standard InChI is InChI=1S/C30H30N10/c1-36-21-11-6-13-23(31-21)37(2)25-15-8-17-27(33-25)39(4)29-19-10-20-30(35-29)40(5)28-18-9-16-26(34-28)38(3)24-14-7-12-22(36)32-24/h6-20H,1-5H3. The summed E-state index contributed by atoms with van der Waals surface area (Å²) in [7, 11) is 9.82. The lowest BCUT2D eigenvalue weighted by molar-refractivity contribution is 0.997. The summed E-state index contributed by atoms with van der Waals surface area (Å²) in [5.74, 6) is 7.66. The van der Waals surface area contributed by atoms with E-state index >= 15 is 0 Å². The van der Waals surface area contributed by atoms with Crippen LogP contribution in [0.15, 0.2) is 91.0 Å². The highest BCUT2D eigenvalue weighted by Gasteiger charge is 2.17. The number of rotatable bonds is 0. The van der Waals surface area contributed by atoms with Crippen molar-refractivity contribution in [2.24, 2.45) is 0 Å². The molecular formula is C30H30N10. The quantitative estimate of drug-likeness (QED) is 0.244. The zero-order valence-electron chi connectivity index (χ0n) is 23.1. The Morgan fingerprint density at radius 2 is 0.400 bits per heavy atom. The largest absolute Gasteiger partial charge is 0.314 e. The van der Waals surface area contributed by atoms with Gasteiger partial charge in [-0.05, 0) is 60.7 Å². The minimum atomic E-state index is 0.766. The van der Waals surface area contributed by atoms with Gasteiger partial charge >= 0.3 is 0 Å². The number of anilines is 10. The van der Waals surface area contributed by atoms with Crippen LogP contribution in [0.5, 0.6) is 0 Å². The van der Waals surface area contributed by atoms with Crippen molar-refractivity contribution in [3.8, 4) is 0 Å². The van der Waals surface area contributed by atoms with Crippen LogP contribution in [0.25, 0.3) is 0 Å². The van der Waals surface area contributed by atoms with E-state index in [0.717, 1.165) is 58.2 Å². The van der Waals surface area contributed by atoms with E-state index in [1.807, 2.05) is 151 Å². The summed E-state index contributed by atoms with van der Waals surface area (Å²) >= 11 is 0. The molecule has 0 spiro atoms. The molecule has 0 atom stereocenters. The second-order valence-corrected chi connectivity index (χ2v) is 9.57. The van der Waals surface area contributed by atoms with Crippen molar-refractivity contribution >= 4 is 58.2 Å². The molecule has 40 heavy (non-hydrogen) atoms. The van der Waals surface area contributed by atoms with E-state index in [0.29, 0.717) is 0 Å². The van der Waals surface area contributed by atoms with E-state index in [1.54, 1.807) is 0 Å². The first-order valence-electron chi connectivity index (χ1n) is 12.9. The summed E-state index contributed by atoms with van der Waals surface area (Å²) in [6, 6.07) is 29.7. The molecule has 0 unspecified atom stereocenters. The minimum Gasteiger partial charge on any atom is -0.314 e. The number of pyridine rings is 5. The molecule has 1 aliphatic heterocycles. The van der Waals surface area contributed by atoms with Crippen LogP contribution in [0, 0.1) is 0 Å². The van der Waals surface area contributed by atoms with E-state index in [2.05, 4.69) is 0 Å². The van der Waals surface area contributed by atoms with Gasteiger partial charge in [-0.25, -0.2) is 24.9 Å². The first-order valence-corrected chi connectivity index (χ1v) is 12.9. The van der Waals surface area contributed by atoms with Crippen LogP contribution < -0.4 is 24.5 Å². The van der Waals surface area contributed by atoms with Gasteiger partial charge < -0.3 is 24.5 Å². The van der Waals surface area contributed by atoms with Crippen LogP contribution >= 0.6 is 0 Å². The fourth-order valence-electron chi connectivity index (χ4n) is 4.52. The second-order valence-electron chi connectivity index (χ2n) is 9.57. The van der Waals surface area contributed by atoms with Crippen LogP contribution in [0.1, 0.15) is 0 Å². The topological polar surface area (TPSA) is 80.7 Å². The Hall–Kier alpha value is -5.25. The van der Waals surface area contributed by atoms with Gasteiger partial charge in [-0.3, -0.25) is 0 Å². The van der Waals surface area contributed by atoms with E-state index in [4.69, 9.17) is 24.9 Å². The Bertz CT molecular complexity index is 1290. The summed E-state index contributed by atoms with van der Waals surface area (Å²) in [6.45, 7) is 0. The third-order valence-electron chi connectivity index (χ3n) is 7.03. The zero-order chi connectivity index (χ0) is 27.8. The van der Waals surface area contributed by atoms with Crippen molar-refractivity contribution in [3.05, 3.63) is 91.0 Å². The van der Waals surface area contributed by atoms with Gasteiger partial charge in [-0.15, -0.1) is 0 Å². The molecule has 5 aromatic heterocycles. The highest BCUT2D eigenvalue weighted by molar-refractivity contribution is 5.68. The van der Waals surface area contributed by atoms with Gasteiger partial charge in [0.05, 0.1) is 0 Å². The number of hydrogen-bond acceptors (Lipinski definition) is 10. The predicted octanol–water partition coefficient (Wildman–Crippen LogP) is 5.81. The summed E-state index contributed by atoms with van der Waals surface area (Å²) in [4.78, 5) is 34.5. The summed E-state index contributed by atoms with van der Waals surface area (Å²) in [5.41, 5.74) is 0. The maximum absolute atomic E-state index is 4.93. The third kappa shape index (κ3) is 4.60. The fourth-order valence-corrected chi connectivity index (χ4v) is 4.52. The van der Waals surface area contributed by atoms with Gasteiger partial charge in [0.15, 0.2) is 0 Å². The Morgan fingerprint density at radius 1 is 0.275 bits per heavy atom. The minimum absolute atomic E-state index is 0.766. The number of fused-ring (bicyclic) bond motifs is 10. The van der Waals surface area contributed by atoms with Gasteiger partial charge in [-0.2, -0.15) is 0 Å². The SMILES string of the molecule is CN1c2cccc(n2)N(C)c2cccc(n2)N(C)c2cccc(n2)N(C)c2cccc(n2)N(C)c2cccc1n2. The van der Waals surface area contributed by atoms with Crippen molar-refractivity contribution in [1.82, 2.24) is 24.9 Å². The Balaban J connectivity index is 1.52. The maximum atomic E-state index is 4.93. The van der Waals surface area contributed by atoms with Crippen molar-refractivity contribution in [2.45, 2.75) is 0 Å². The monoisotopic (exact) mass is 530 g/mol. The summed E-state index contributed by atoms with van der Waals surface area (Å²) in [6.07, 6.45) is 0. The van der Waals surface area contributed by atoms with Gasteiger partial charge in [-0.1, -0.05) is 30.3 Å². The molecule has 0 saturated carbocycles. The normalized spacial score (nSPS) is 13.4. The summed E-state index contributed by atoms with van der Waals surface area (Å²) < 4.78 is 0.